The van der Waals surface area contributed by atoms with Crippen LogP contribution >= 0.6 is 11.8 Å². The summed E-state index contributed by atoms with van der Waals surface area (Å²) in [6.45, 7) is 2.24. The fraction of sp³-hybridized carbons (Fsp3) is 0.923. The van der Waals surface area contributed by atoms with E-state index in [1.165, 1.54) is 50.7 Å². The average molecular weight is 255 g/mol. The molecule has 0 bridgehead atoms. The summed E-state index contributed by atoms with van der Waals surface area (Å²) in [6.07, 6.45) is 8.91. The Morgan fingerprint density at radius 2 is 2.06 bits per heavy atom. The van der Waals surface area contributed by atoms with Crippen molar-refractivity contribution in [2.45, 2.75) is 69.2 Å². The van der Waals surface area contributed by atoms with E-state index in [4.69, 9.17) is 5.73 Å². The first-order valence-electron chi connectivity index (χ1n) is 6.99. The van der Waals surface area contributed by atoms with Crippen LogP contribution in [0.4, 0.5) is 0 Å². The molecule has 2 saturated carbocycles. The molecule has 0 radical (unpaired) electrons. The molecule has 2 aliphatic carbocycles. The standard InChI is InChI=1S/C13H25N3S/c1-2-17-12-8-7-11(9-12)16-13(14)15-10-5-3-4-6-10/h10-12H,2-9H2,1H3,(H3,14,15,16). The van der Waals surface area contributed by atoms with E-state index in [-0.39, 0.29) is 0 Å². The number of rotatable bonds is 4. The smallest absolute Gasteiger partial charge is 0.189 e. The van der Waals surface area contributed by atoms with Crippen molar-refractivity contribution in [1.29, 1.82) is 0 Å². The average Bonchev–Trinajstić information content (AvgIpc) is 2.91. The van der Waals surface area contributed by atoms with Crippen LogP contribution in [0.2, 0.25) is 0 Å². The molecule has 0 aromatic carbocycles. The normalized spacial score (nSPS) is 31.0. The van der Waals surface area contributed by atoms with E-state index in [9.17, 15) is 0 Å². The second-order valence-corrected chi connectivity index (χ2v) is 6.76. The van der Waals surface area contributed by atoms with Gasteiger partial charge in [0.15, 0.2) is 5.96 Å². The molecular weight excluding hydrogens is 230 g/mol. The number of nitrogens with one attached hydrogen (secondary N) is 1. The van der Waals surface area contributed by atoms with Gasteiger partial charge in [-0.3, -0.25) is 4.99 Å². The highest BCUT2D eigenvalue weighted by Gasteiger charge is 2.25. The van der Waals surface area contributed by atoms with Crippen molar-refractivity contribution in [3.63, 3.8) is 0 Å². The first kappa shape index (κ1) is 13.1. The van der Waals surface area contributed by atoms with Gasteiger partial charge < -0.3 is 11.1 Å². The Labute approximate surface area is 109 Å². The summed E-state index contributed by atoms with van der Waals surface area (Å²) in [4.78, 5) is 4.59. The second-order valence-electron chi connectivity index (χ2n) is 5.18. The van der Waals surface area contributed by atoms with E-state index < -0.39 is 0 Å². The molecule has 98 valence electrons. The number of hydrogen-bond donors (Lipinski definition) is 2. The lowest BCUT2D eigenvalue weighted by atomic mass is 10.2. The minimum atomic E-state index is 0.490. The van der Waals surface area contributed by atoms with E-state index in [2.05, 4.69) is 29.0 Å². The molecule has 0 heterocycles. The second kappa shape index (κ2) is 6.53. The van der Waals surface area contributed by atoms with Crippen LogP contribution < -0.4 is 11.1 Å². The van der Waals surface area contributed by atoms with Crippen molar-refractivity contribution < 1.29 is 0 Å². The predicted molar refractivity (Wildman–Crippen MR) is 76.6 cm³/mol. The number of thioether (sulfide) groups is 1. The summed E-state index contributed by atoms with van der Waals surface area (Å²) in [6, 6.07) is 1.05. The zero-order valence-electron chi connectivity index (χ0n) is 10.8. The van der Waals surface area contributed by atoms with Crippen LogP contribution in [-0.4, -0.2) is 29.0 Å². The molecule has 0 aromatic rings. The fourth-order valence-electron chi connectivity index (χ4n) is 2.93. The van der Waals surface area contributed by atoms with Crippen molar-refractivity contribution in [2.75, 3.05) is 5.75 Å². The van der Waals surface area contributed by atoms with Gasteiger partial charge in [0.05, 0.1) is 6.04 Å². The predicted octanol–water partition coefficient (Wildman–Crippen LogP) is 2.51. The Balaban J connectivity index is 1.73. The molecule has 2 unspecified atom stereocenters. The highest BCUT2D eigenvalue weighted by Crippen LogP contribution is 2.29. The molecule has 17 heavy (non-hydrogen) atoms. The third-order valence-electron chi connectivity index (χ3n) is 3.79. The molecule has 0 aliphatic heterocycles. The Bertz CT molecular complexity index is 261. The summed E-state index contributed by atoms with van der Waals surface area (Å²) in [5, 5.41) is 4.24. The number of nitrogens with two attached hydrogens (primary N) is 1. The lowest BCUT2D eigenvalue weighted by Gasteiger charge is -2.14. The van der Waals surface area contributed by atoms with Gasteiger partial charge in [0.1, 0.15) is 0 Å². The lowest BCUT2D eigenvalue weighted by Crippen LogP contribution is -2.39. The number of hydrogen-bond acceptors (Lipinski definition) is 2. The van der Waals surface area contributed by atoms with E-state index in [0.29, 0.717) is 18.0 Å². The van der Waals surface area contributed by atoms with Gasteiger partial charge in [-0.05, 0) is 37.9 Å². The molecule has 2 fully saturated rings. The Hall–Kier alpha value is -0.380. The molecule has 0 aromatic heterocycles. The Kier molecular flexibility index (Phi) is 5.01. The van der Waals surface area contributed by atoms with Crippen molar-refractivity contribution in [3.05, 3.63) is 0 Å². The van der Waals surface area contributed by atoms with Gasteiger partial charge >= 0.3 is 0 Å². The summed E-state index contributed by atoms with van der Waals surface area (Å²) in [5.41, 5.74) is 5.98. The van der Waals surface area contributed by atoms with E-state index >= 15 is 0 Å². The third kappa shape index (κ3) is 4.09. The zero-order chi connectivity index (χ0) is 12.1. The van der Waals surface area contributed by atoms with Crippen LogP contribution in [0.5, 0.6) is 0 Å². The van der Waals surface area contributed by atoms with E-state index in [1.54, 1.807) is 0 Å². The van der Waals surface area contributed by atoms with Gasteiger partial charge in [0.25, 0.3) is 0 Å². The van der Waals surface area contributed by atoms with Crippen LogP contribution in [0.3, 0.4) is 0 Å². The van der Waals surface area contributed by atoms with Crippen molar-refractivity contribution >= 4 is 17.7 Å². The fourth-order valence-corrected chi connectivity index (χ4v) is 4.08. The number of guanidine groups is 1. The summed E-state index contributed by atoms with van der Waals surface area (Å²) in [7, 11) is 0. The molecule has 2 atom stereocenters. The molecule has 0 amide bonds. The van der Waals surface area contributed by atoms with Crippen LogP contribution in [0.15, 0.2) is 4.99 Å². The molecule has 3 N–H and O–H groups in total. The highest BCUT2D eigenvalue weighted by atomic mass is 32.2. The minimum Gasteiger partial charge on any atom is -0.370 e. The maximum absolute atomic E-state index is 5.98. The minimum absolute atomic E-state index is 0.490. The molecule has 4 heteroatoms. The maximum atomic E-state index is 5.98. The maximum Gasteiger partial charge on any atom is 0.189 e. The van der Waals surface area contributed by atoms with Crippen LogP contribution in [-0.2, 0) is 0 Å². The molecule has 0 saturated heterocycles. The number of aliphatic imine (C=N–C) groups is 1. The zero-order valence-corrected chi connectivity index (χ0v) is 11.6. The van der Waals surface area contributed by atoms with Crippen molar-refractivity contribution in [1.82, 2.24) is 5.32 Å². The molecule has 2 rings (SSSR count). The first-order valence-corrected chi connectivity index (χ1v) is 8.04. The summed E-state index contributed by atoms with van der Waals surface area (Å²) < 4.78 is 0. The van der Waals surface area contributed by atoms with Gasteiger partial charge in [-0.15, -0.1) is 0 Å². The van der Waals surface area contributed by atoms with Gasteiger partial charge in [0.2, 0.25) is 0 Å². The quantitative estimate of drug-likeness (QED) is 0.599. The highest BCUT2D eigenvalue weighted by molar-refractivity contribution is 7.99. The first-order chi connectivity index (χ1) is 8.28. The Morgan fingerprint density at radius 3 is 2.76 bits per heavy atom. The topological polar surface area (TPSA) is 50.4 Å². The van der Waals surface area contributed by atoms with Crippen LogP contribution in [0.1, 0.15) is 51.9 Å². The van der Waals surface area contributed by atoms with Crippen LogP contribution in [0.25, 0.3) is 0 Å². The SMILES string of the molecule is CCSC1CCC(NC(N)=NC2CCCC2)C1. The monoisotopic (exact) mass is 255 g/mol. The Morgan fingerprint density at radius 1 is 1.29 bits per heavy atom. The molecule has 2 aliphatic rings. The van der Waals surface area contributed by atoms with Gasteiger partial charge in [0, 0.05) is 11.3 Å². The molecular formula is C13H25N3S. The summed E-state index contributed by atoms with van der Waals surface area (Å²) >= 11 is 2.08. The van der Waals surface area contributed by atoms with Crippen LogP contribution in [0, 0.1) is 0 Å². The third-order valence-corrected chi connectivity index (χ3v) is 5.02. The molecule has 0 spiro atoms. The summed E-state index contributed by atoms with van der Waals surface area (Å²) in [5.74, 6) is 1.91. The largest absolute Gasteiger partial charge is 0.370 e. The van der Waals surface area contributed by atoms with E-state index in [0.717, 1.165) is 5.25 Å². The van der Waals surface area contributed by atoms with Gasteiger partial charge in [-0.2, -0.15) is 11.8 Å². The van der Waals surface area contributed by atoms with Crippen molar-refractivity contribution in [3.8, 4) is 0 Å². The lowest BCUT2D eigenvalue weighted by molar-refractivity contribution is 0.616. The van der Waals surface area contributed by atoms with E-state index in [1.807, 2.05) is 0 Å². The molecule has 3 nitrogen and oxygen atoms in total. The number of nitrogens with zero attached hydrogens (tertiary/aromatic N) is 1. The van der Waals surface area contributed by atoms with Gasteiger partial charge in [-0.25, -0.2) is 0 Å². The van der Waals surface area contributed by atoms with Crippen molar-refractivity contribution in [2.24, 2.45) is 10.7 Å². The van der Waals surface area contributed by atoms with Gasteiger partial charge in [-0.1, -0.05) is 19.8 Å².